The third kappa shape index (κ3) is 2.87. The molecule has 4 nitrogen and oxygen atoms in total. The molecule has 1 heterocycles. The second-order valence-electron chi connectivity index (χ2n) is 5.03. The highest BCUT2D eigenvalue weighted by Gasteiger charge is 2.11. The van der Waals surface area contributed by atoms with E-state index in [0.717, 1.165) is 22.6 Å². The van der Waals surface area contributed by atoms with E-state index in [-0.39, 0.29) is 5.57 Å². The minimum Gasteiger partial charge on any atom is -0.365 e. The molecule has 0 aliphatic rings. The van der Waals surface area contributed by atoms with E-state index in [9.17, 15) is 4.79 Å². The van der Waals surface area contributed by atoms with Gasteiger partial charge in [-0.2, -0.15) is 5.26 Å². The van der Waals surface area contributed by atoms with Crippen molar-refractivity contribution >= 4 is 12.0 Å². The van der Waals surface area contributed by atoms with Gasteiger partial charge in [-0.1, -0.05) is 17.7 Å². The summed E-state index contributed by atoms with van der Waals surface area (Å²) in [7, 11) is 0. The van der Waals surface area contributed by atoms with E-state index in [1.807, 2.05) is 57.2 Å². The van der Waals surface area contributed by atoms with E-state index in [1.54, 1.807) is 0 Å². The lowest BCUT2D eigenvalue weighted by Crippen LogP contribution is -2.12. The fraction of sp³-hybridized carbons (Fsp3) is 0.176. The molecule has 0 atom stereocenters. The Hall–Kier alpha value is -2.80. The van der Waals surface area contributed by atoms with Crippen LogP contribution in [-0.4, -0.2) is 10.5 Å². The van der Waals surface area contributed by atoms with Crippen LogP contribution in [0.3, 0.4) is 0 Å². The van der Waals surface area contributed by atoms with E-state index in [1.165, 1.54) is 11.6 Å². The molecule has 2 N–H and O–H groups in total. The SMILES string of the molecule is Cc1ccc(-n2c(C)cc(/C=C(\C#N)C(N)=O)c2C)cc1. The van der Waals surface area contributed by atoms with Crippen molar-refractivity contribution in [3.8, 4) is 11.8 Å². The van der Waals surface area contributed by atoms with Crippen molar-refractivity contribution in [3.63, 3.8) is 0 Å². The van der Waals surface area contributed by atoms with Gasteiger partial charge in [0.25, 0.3) is 5.91 Å². The maximum atomic E-state index is 11.2. The number of amides is 1. The topological polar surface area (TPSA) is 71.8 Å². The quantitative estimate of drug-likeness (QED) is 0.693. The first-order chi connectivity index (χ1) is 9.93. The number of rotatable bonds is 3. The monoisotopic (exact) mass is 279 g/mol. The Morgan fingerprint density at radius 2 is 1.86 bits per heavy atom. The largest absolute Gasteiger partial charge is 0.365 e. The van der Waals surface area contributed by atoms with E-state index < -0.39 is 5.91 Å². The number of nitrogens with two attached hydrogens (primary N) is 1. The summed E-state index contributed by atoms with van der Waals surface area (Å²) < 4.78 is 2.08. The molecule has 0 fully saturated rings. The van der Waals surface area contributed by atoms with E-state index >= 15 is 0 Å². The Morgan fingerprint density at radius 3 is 2.38 bits per heavy atom. The molecule has 0 radical (unpaired) electrons. The van der Waals surface area contributed by atoms with Crippen LogP contribution < -0.4 is 5.73 Å². The second kappa shape index (κ2) is 5.68. The lowest BCUT2D eigenvalue weighted by molar-refractivity contribution is -0.114. The summed E-state index contributed by atoms with van der Waals surface area (Å²) in [5.41, 5.74) is 10.2. The third-order valence-electron chi connectivity index (χ3n) is 3.45. The Kier molecular flexibility index (Phi) is 3.95. The standard InChI is InChI=1S/C17H17N3O/c1-11-4-6-16(7-5-11)20-12(2)8-14(13(20)3)9-15(10-18)17(19)21/h4-9H,1-3H3,(H2,19,21)/b15-9+. The Balaban J connectivity index is 2.55. The minimum absolute atomic E-state index is 0.0424. The Bertz CT molecular complexity index is 759. The van der Waals surface area contributed by atoms with Gasteiger partial charge in [-0.3, -0.25) is 4.79 Å². The number of benzene rings is 1. The lowest BCUT2D eigenvalue weighted by Gasteiger charge is -2.10. The molecule has 106 valence electrons. The van der Waals surface area contributed by atoms with Crippen LogP contribution in [0.2, 0.25) is 0 Å². The third-order valence-corrected chi connectivity index (χ3v) is 3.45. The van der Waals surface area contributed by atoms with Gasteiger partial charge >= 0.3 is 0 Å². The zero-order chi connectivity index (χ0) is 15.6. The summed E-state index contributed by atoms with van der Waals surface area (Å²) in [5, 5.41) is 8.95. The number of aryl methyl sites for hydroxylation is 2. The van der Waals surface area contributed by atoms with Crippen molar-refractivity contribution in [2.75, 3.05) is 0 Å². The Labute approximate surface area is 124 Å². The number of carbonyl (C=O) groups is 1. The van der Waals surface area contributed by atoms with Gasteiger partial charge in [0.2, 0.25) is 0 Å². The van der Waals surface area contributed by atoms with Crippen molar-refractivity contribution in [3.05, 3.63) is 58.4 Å². The van der Waals surface area contributed by atoms with Crippen LogP contribution in [0.25, 0.3) is 11.8 Å². The van der Waals surface area contributed by atoms with E-state index in [4.69, 9.17) is 11.0 Å². The summed E-state index contributed by atoms with van der Waals surface area (Å²) in [6.07, 6.45) is 1.54. The predicted octanol–water partition coefficient (Wildman–Crippen LogP) is 2.79. The summed E-state index contributed by atoms with van der Waals surface area (Å²) in [6.45, 7) is 5.98. The number of nitrogens with zero attached hydrogens (tertiary/aromatic N) is 2. The minimum atomic E-state index is -0.711. The van der Waals surface area contributed by atoms with Crippen LogP contribution in [0.1, 0.15) is 22.5 Å². The number of carbonyl (C=O) groups excluding carboxylic acids is 1. The first-order valence-electron chi connectivity index (χ1n) is 6.61. The summed E-state index contributed by atoms with van der Waals surface area (Å²) in [6, 6.07) is 12.0. The lowest BCUT2D eigenvalue weighted by atomic mass is 10.1. The number of hydrogen-bond donors (Lipinski definition) is 1. The normalized spacial score (nSPS) is 11.2. The van der Waals surface area contributed by atoms with Crippen molar-refractivity contribution in [1.82, 2.24) is 4.57 Å². The molecule has 0 unspecified atom stereocenters. The van der Waals surface area contributed by atoms with Gasteiger partial charge < -0.3 is 10.3 Å². The van der Waals surface area contributed by atoms with Crippen LogP contribution in [-0.2, 0) is 4.79 Å². The molecular formula is C17H17N3O. The molecule has 1 amide bonds. The predicted molar refractivity (Wildman–Crippen MR) is 82.8 cm³/mol. The first kappa shape index (κ1) is 14.6. The van der Waals surface area contributed by atoms with Crippen LogP contribution in [0.4, 0.5) is 0 Å². The molecule has 2 rings (SSSR count). The highest BCUT2D eigenvalue weighted by atomic mass is 16.1. The van der Waals surface area contributed by atoms with Crippen LogP contribution in [0, 0.1) is 32.1 Å². The molecule has 0 aliphatic carbocycles. The fourth-order valence-corrected chi connectivity index (χ4v) is 2.34. The van der Waals surface area contributed by atoms with Gasteiger partial charge in [0, 0.05) is 17.1 Å². The van der Waals surface area contributed by atoms with E-state index in [2.05, 4.69) is 4.57 Å². The smallest absolute Gasteiger partial charge is 0.259 e. The maximum Gasteiger partial charge on any atom is 0.259 e. The molecule has 0 aliphatic heterocycles. The Morgan fingerprint density at radius 1 is 1.24 bits per heavy atom. The summed E-state index contributed by atoms with van der Waals surface area (Å²) in [5.74, 6) is -0.711. The average molecular weight is 279 g/mol. The number of aromatic nitrogens is 1. The molecule has 2 aromatic rings. The van der Waals surface area contributed by atoms with Crippen molar-refractivity contribution < 1.29 is 4.79 Å². The zero-order valence-corrected chi connectivity index (χ0v) is 12.3. The zero-order valence-electron chi connectivity index (χ0n) is 12.3. The first-order valence-corrected chi connectivity index (χ1v) is 6.61. The highest BCUT2D eigenvalue weighted by molar-refractivity contribution is 6.00. The van der Waals surface area contributed by atoms with Crippen molar-refractivity contribution in [1.29, 1.82) is 5.26 Å². The van der Waals surface area contributed by atoms with Gasteiger partial charge in [0.05, 0.1) is 0 Å². The molecule has 0 bridgehead atoms. The van der Waals surface area contributed by atoms with Crippen molar-refractivity contribution in [2.24, 2.45) is 5.73 Å². The second-order valence-corrected chi connectivity index (χ2v) is 5.03. The number of primary amides is 1. The van der Waals surface area contributed by atoms with Crippen LogP contribution in [0.5, 0.6) is 0 Å². The van der Waals surface area contributed by atoms with Gasteiger partial charge in [-0.15, -0.1) is 0 Å². The van der Waals surface area contributed by atoms with E-state index in [0.29, 0.717) is 0 Å². The number of hydrogen-bond acceptors (Lipinski definition) is 2. The van der Waals surface area contributed by atoms with Gasteiger partial charge in [-0.05, 0) is 50.6 Å². The highest BCUT2D eigenvalue weighted by Crippen LogP contribution is 2.23. The average Bonchev–Trinajstić information content (AvgIpc) is 2.71. The van der Waals surface area contributed by atoms with Gasteiger partial charge in [0.1, 0.15) is 11.6 Å². The number of nitriles is 1. The molecule has 0 spiro atoms. The molecule has 0 saturated heterocycles. The fourth-order valence-electron chi connectivity index (χ4n) is 2.34. The van der Waals surface area contributed by atoms with Crippen LogP contribution in [0.15, 0.2) is 35.9 Å². The molecule has 4 heteroatoms. The van der Waals surface area contributed by atoms with Gasteiger partial charge in [0.15, 0.2) is 0 Å². The molecule has 21 heavy (non-hydrogen) atoms. The molecule has 0 saturated carbocycles. The van der Waals surface area contributed by atoms with Crippen molar-refractivity contribution in [2.45, 2.75) is 20.8 Å². The van der Waals surface area contributed by atoms with Crippen LogP contribution >= 0.6 is 0 Å². The van der Waals surface area contributed by atoms with Gasteiger partial charge in [-0.25, -0.2) is 0 Å². The summed E-state index contributed by atoms with van der Waals surface area (Å²) in [4.78, 5) is 11.2. The molecule has 1 aromatic carbocycles. The molecular weight excluding hydrogens is 262 g/mol. The molecule has 1 aromatic heterocycles. The summed E-state index contributed by atoms with van der Waals surface area (Å²) >= 11 is 0. The maximum absolute atomic E-state index is 11.2.